The molecule has 1 aliphatic rings. The number of likely N-dealkylation sites (tertiary alicyclic amines) is 1. The number of nitrogens with zero attached hydrogens (tertiary/aromatic N) is 3. The molecule has 5 nitrogen and oxygen atoms in total. The van der Waals surface area contributed by atoms with Crippen molar-refractivity contribution in [3.63, 3.8) is 0 Å². The Morgan fingerprint density at radius 1 is 1.37 bits per heavy atom. The quantitative estimate of drug-likeness (QED) is 0.820. The van der Waals surface area contributed by atoms with Gasteiger partial charge in [-0.2, -0.15) is 0 Å². The van der Waals surface area contributed by atoms with Crippen molar-refractivity contribution in [2.24, 2.45) is 0 Å². The molecule has 1 atom stereocenters. The van der Waals surface area contributed by atoms with Crippen LogP contribution in [0.4, 0.5) is 11.6 Å². The zero-order chi connectivity index (χ0) is 13.7. The Balaban J connectivity index is 1.96. The van der Waals surface area contributed by atoms with Crippen LogP contribution in [0.25, 0.3) is 0 Å². The molecule has 0 bridgehead atoms. The van der Waals surface area contributed by atoms with Crippen LogP contribution in [0.1, 0.15) is 38.7 Å². The van der Waals surface area contributed by atoms with Gasteiger partial charge in [0.25, 0.3) is 0 Å². The lowest BCUT2D eigenvalue weighted by Crippen LogP contribution is -2.35. The molecule has 2 rings (SSSR count). The summed E-state index contributed by atoms with van der Waals surface area (Å²) in [5, 5.41) is 3.44. The zero-order valence-corrected chi connectivity index (χ0v) is 12.0. The molecule has 0 spiro atoms. The van der Waals surface area contributed by atoms with Gasteiger partial charge in [-0.25, -0.2) is 9.97 Å². The van der Waals surface area contributed by atoms with E-state index in [1.807, 2.05) is 0 Å². The fraction of sp³-hybridized carbons (Fsp3) is 0.714. The van der Waals surface area contributed by atoms with Gasteiger partial charge in [0.1, 0.15) is 18.0 Å². The van der Waals surface area contributed by atoms with Crippen molar-refractivity contribution in [3.8, 4) is 0 Å². The van der Waals surface area contributed by atoms with Crippen LogP contribution in [-0.4, -0.2) is 40.5 Å². The number of nitrogens with two attached hydrogens (primary N) is 1. The zero-order valence-electron chi connectivity index (χ0n) is 12.0. The van der Waals surface area contributed by atoms with Crippen molar-refractivity contribution in [3.05, 3.63) is 11.9 Å². The van der Waals surface area contributed by atoms with Crippen LogP contribution in [0.2, 0.25) is 0 Å². The first-order valence-corrected chi connectivity index (χ1v) is 7.29. The monoisotopic (exact) mass is 263 g/mol. The van der Waals surface area contributed by atoms with Gasteiger partial charge in [-0.3, -0.25) is 4.90 Å². The Morgan fingerprint density at radius 2 is 2.11 bits per heavy atom. The average Bonchev–Trinajstić information content (AvgIpc) is 2.93. The second-order valence-electron chi connectivity index (χ2n) is 5.31. The van der Waals surface area contributed by atoms with Gasteiger partial charge in [-0.15, -0.1) is 0 Å². The number of rotatable bonds is 6. The van der Waals surface area contributed by atoms with Crippen LogP contribution in [0.5, 0.6) is 0 Å². The van der Waals surface area contributed by atoms with Gasteiger partial charge in [-0.1, -0.05) is 13.3 Å². The van der Waals surface area contributed by atoms with Crippen LogP contribution >= 0.6 is 0 Å². The lowest BCUT2D eigenvalue weighted by molar-refractivity contribution is 0.269. The topological polar surface area (TPSA) is 67.1 Å². The van der Waals surface area contributed by atoms with E-state index >= 15 is 0 Å². The highest BCUT2D eigenvalue weighted by Gasteiger charge is 2.18. The number of nitrogens with one attached hydrogen (secondary N) is 1. The molecule has 19 heavy (non-hydrogen) atoms. The van der Waals surface area contributed by atoms with Gasteiger partial charge in [0.05, 0.1) is 0 Å². The molecular formula is C14H25N5. The number of aromatic nitrogens is 2. The van der Waals surface area contributed by atoms with E-state index in [-0.39, 0.29) is 0 Å². The number of hydrogen-bond acceptors (Lipinski definition) is 5. The maximum Gasteiger partial charge on any atom is 0.134 e. The predicted octanol–water partition coefficient (Wildman–Crippen LogP) is 1.91. The SMILES string of the molecule is CCCc1c(N)ncnc1NCC(C)N1CCCC1. The molecule has 2 heterocycles. The summed E-state index contributed by atoms with van der Waals surface area (Å²) in [5.41, 5.74) is 6.99. The molecule has 0 aliphatic carbocycles. The maximum absolute atomic E-state index is 5.93. The minimum Gasteiger partial charge on any atom is -0.383 e. The largest absolute Gasteiger partial charge is 0.383 e. The molecule has 106 valence electrons. The van der Waals surface area contributed by atoms with Crippen molar-refractivity contribution in [1.29, 1.82) is 0 Å². The van der Waals surface area contributed by atoms with E-state index in [1.165, 1.54) is 32.3 Å². The van der Waals surface area contributed by atoms with Gasteiger partial charge >= 0.3 is 0 Å². The van der Waals surface area contributed by atoms with Crippen molar-refractivity contribution in [1.82, 2.24) is 14.9 Å². The first kappa shape index (κ1) is 14.1. The van der Waals surface area contributed by atoms with Gasteiger partial charge in [-0.05, 0) is 39.3 Å². The third kappa shape index (κ3) is 3.56. The first-order valence-electron chi connectivity index (χ1n) is 7.29. The summed E-state index contributed by atoms with van der Waals surface area (Å²) in [7, 11) is 0. The molecule has 0 saturated carbocycles. The fourth-order valence-electron chi connectivity index (χ4n) is 2.63. The molecule has 1 aromatic heterocycles. The Bertz CT molecular complexity index is 401. The summed E-state index contributed by atoms with van der Waals surface area (Å²) in [6.07, 6.45) is 6.16. The molecule has 0 aromatic carbocycles. The minimum atomic E-state index is 0.535. The van der Waals surface area contributed by atoms with E-state index < -0.39 is 0 Å². The Hall–Kier alpha value is -1.36. The van der Waals surface area contributed by atoms with Gasteiger partial charge < -0.3 is 11.1 Å². The van der Waals surface area contributed by atoms with Crippen molar-refractivity contribution < 1.29 is 0 Å². The minimum absolute atomic E-state index is 0.535. The standard InChI is InChI=1S/C14H25N5/c1-3-6-12-13(15)17-10-18-14(12)16-9-11(2)19-7-4-5-8-19/h10-11H,3-9H2,1-2H3,(H3,15,16,17,18). The van der Waals surface area contributed by atoms with E-state index in [0.717, 1.165) is 30.8 Å². The second-order valence-corrected chi connectivity index (χ2v) is 5.31. The number of anilines is 2. The summed E-state index contributed by atoms with van der Waals surface area (Å²) in [5.74, 6) is 1.51. The van der Waals surface area contributed by atoms with Gasteiger partial charge in [0.2, 0.25) is 0 Å². The molecule has 1 aliphatic heterocycles. The van der Waals surface area contributed by atoms with Crippen LogP contribution in [0.15, 0.2) is 6.33 Å². The third-order valence-corrected chi connectivity index (χ3v) is 3.81. The average molecular weight is 263 g/mol. The van der Waals surface area contributed by atoms with Crippen LogP contribution < -0.4 is 11.1 Å². The summed E-state index contributed by atoms with van der Waals surface area (Å²) in [6.45, 7) is 7.76. The number of nitrogen functional groups attached to an aromatic ring is 1. The van der Waals surface area contributed by atoms with E-state index in [0.29, 0.717) is 11.9 Å². The molecule has 3 N–H and O–H groups in total. The summed E-state index contributed by atoms with van der Waals surface area (Å²) >= 11 is 0. The predicted molar refractivity (Wildman–Crippen MR) is 79.2 cm³/mol. The summed E-state index contributed by atoms with van der Waals surface area (Å²) in [6, 6.07) is 0.535. The van der Waals surface area contributed by atoms with Crippen LogP contribution in [-0.2, 0) is 6.42 Å². The van der Waals surface area contributed by atoms with E-state index in [9.17, 15) is 0 Å². The highest BCUT2D eigenvalue weighted by Crippen LogP contribution is 2.19. The van der Waals surface area contributed by atoms with E-state index in [1.54, 1.807) is 0 Å². The Kier molecular flexibility index (Phi) is 4.96. The normalized spacial score (nSPS) is 17.6. The van der Waals surface area contributed by atoms with Crippen LogP contribution in [0, 0.1) is 0 Å². The summed E-state index contributed by atoms with van der Waals surface area (Å²) < 4.78 is 0. The maximum atomic E-state index is 5.93. The second kappa shape index (κ2) is 6.70. The van der Waals surface area contributed by atoms with Gasteiger partial charge in [0.15, 0.2) is 0 Å². The van der Waals surface area contributed by atoms with Crippen molar-refractivity contribution in [2.45, 2.75) is 45.6 Å². The Labute approximate surface area is 115 Å². The molecule has 0 amide bonds. The highest BCUT2D eigenvalue weighted by molar-refractivity contribution is 5.55. The van der Waals surface area contributed by atoms with Crippen molar-refractivity contribution in [2.75, 3.05) is 30.7 Å². The molecule has 1 unspecified atom stereocenters. The molecule has 1 fully saturated rings. The third-order valence-electron chi connectivity index (χ3n) is 3.81. The lowest BCUT2D eigenvalue weighted by atomic mass is 10.1. The number of hydrogen-bond donors (Lipinski definition) is 2. The smallest absolute Gasteiger partial charge is 0.134 e. The van der Waals surface area contributed by atoms with E-state index in [4.69, 9.17) is 5.73 Å². The molecule has 0 radical (unpaired) electrons. The Morgan fingerprint density at radius 3 is 2.79 bits per heavy atom. The highest BCUT2D eigenvalue weighted by atomic mass is 15.2. The molecule has 5 heteroatoms. The van der Waals surface area contributed by atoms with E-state index in [2.05, 4.69) is 34.0 Å². The van der Waals surface area contributed by atoms with Crippen molar-refractivity contribution >= 4 is 11.6 Å². The molecular weight excluding hydrogens is 238 g/mol. The van der Waals surface area contributed by atoms with Gasteiger partial charge in [0, 0.05) is 18.2 Å². The van der Waals surface area contributed by atoms with Crippen LogP contribution in [0.3, 0.4) is 0 Å². The molecule has 1 aromatic rings. The first-order chi connectivity index (χ1) is 9.22. The lowest BCUT2D eigenvalue weighted by Gasteiger charge is -2.24. The molecule has 1 saturated heterocycles. The fourth-order valence-corrected chi connectivity index (χ4v) is 2.63. The summed E-state index contributed by atoms with van der Waals surface area (Å²) in [4.78, 5) is 10.9.